The molecule has 0 aromatic heterocycles. The van der Waals surface area contributed by atoms with Crippen LogP contribution in [0.4, 0.5) is 0 Å². The van der Waals surface area contributed by atoms with Crippen LogP contribution in [-0.4, -0.2) is 37.5 Å². The van der Waals surface area contributed by atoms with Crippen LogP contribution in [-0.2, 0) is 11.2 Å². The molecular weight excluding hydrogens is 260 g/mol. The molecule has 1 saturated heterocycles. The van der Waals surface area contributed by atoms with E-state index in [1.54, 1.807) is 0 Å². The van der Waals surface area contributed by atoms with Crippen molar-refractivity contribution >= 4 is 5.91 Å². The van der Waals surface area contributed by atoms with Crippen molar-refractivity contribution in [1.82, 2.24) is 10.2 Å². The highest BCUT2D eigenvalue weighted by Gasteiger charge is 2.15. The van der Waals surface area contributed by atoms with E-state index in [4.69, 9.17) is 0 Å². The van der Waals surface area contributed by atoms with Gasteiger partial charge >= 0.3 is 0 Å². The van der Waals surface area contributed by atoms with Crippen LogP contribution in [0.3, 0.4) is 0 Å². The lowest BCUT2D eigenvalue weighted by Crippen LogP contribution is -2.32. The second-order valence-corrected chi connectivity index (χ2v) is 6.22. The number of hydrogen-bond acceptors (Lipinski definition) is 2. The number of hydrogen-bond donors (Lipinski definition) is 1. The van der Waals surface area contributed by atoms with Gasteiger partial charge in [-0.15, -0.1) is 0 Å². The zero-order valence-corrected chi connectivity index (χ0v) is 13.4. The molecule has 0 unspecified atom stereocenters. The summed E-state index contributed by atoms with van der Waals surface area (Å²) in [4.78, 5) is 14.1. The summed E-state index contributed by atoms with van der Waals surface area (Å²) in [7, 11) is 1.95. The van der Waals surface area contributed by atoms with Crippen molar-refractivity contribution < 1.29 is 4.79 Å². The maximum atomic E-state index is 12.2. The molecule has 0 aliphatic carbocycles. The van der Waals surface area contributed by atoms with E-state index in [1.807, 2.05) is 24.1 Å². The standard InChI is InChI=1S/C18H28N2O/c1-15-5-3-4-6-17(15)7-8-18(21)20(2)14-11-16-9-12-19-13-10-16/h3-6,16,19H,7-14H2,1-2H3. The Morgan fingerprint density at radius 3 is 2.71 bits per heavy atom. The first-order valence-electron chi connectivity index (χ1n) is 8.16. The molecule has 0 saturated carbocycles. The Kier molecular flexibility index (Phi) is 6.24. The lowest BCUT2D eigenvalue weighted by Gasteiger charge is -2.25. The number of piperidine rings is 1. The Balaban J connectivity index is 1.71. The molecule has 1 aromatic carbocycles. The SMILES string of the molecule is Cc1ccccc1CCC(=O)N(C)CCC1CCNCC1. The molecule has 3 heteroatoms. The fourth-order valence-electron chi connectivity index (χ4n) is 2.99. The van der Waals surface area contributed by atoms with Gasteiger partial charge < -0.3 is 10.2 Å². The molecule has 3 nitrogen and oxygen atoms in total. The Hall–Kier alpha value is -1.35. The van der Waals surface area contributed by atoms with Gasteiger partial charge in [-0.3, -0.25) is 4.79 Å². The third-order valence-electron chi connectivity index (χ3n) is 4.63. The summed E-state index contributed by atoms with van der Waals surface area (Å²) >= 11 is 0. The van der Waals surface area contributed by atoms with E-state index < -0.39 is 0 Å². The normalized spacial score (nSPS) is 15.9. The third kappa shape index (κ3) is 5.16. The topological polar surface area (TPSA) is 32.3 Å². The molecule has 1 amide bonds. The second kappa shape index (κ2) is 8.18. The monoisotopic (exact) mass is 288 g/mol. The second-order valence-electron chi connectivity index (χ2n) is 6.22. The lowest BCUT2D eigenvalue weighted by molar-refractivity contribution is -0.130. The highest BCUT2D eigenvalue weighted by molar-refractivity contribution is 5.76. The summed E-state index contributed by atoms with van der Waals surface area (Å²) < 4.78 is 0. The molecule has 1 N–H and O–H groups in total. The van der Waals surface area contributed by atoms with E-state index in [9.17, 15) is 4.79 Å². The molecule has 0 spiro atoms. The first-order valence-corrected chi connectivity index (χ1v) is 8.16. The van der Waals surface area contributed by atoms with Crippen molar-refractivity contribution in [3.8, 4) is 0 Å². The van der Waals surface area contributed by atoms with E-state index in [0.29, 0.717) is 6.42 Å². The average molecular weight is 288 g/mol. The molecule has 1 aliphatic rings. The van der Waals surface area contributed by atoms with E-state index in [0.717, 1.165) is 38.4 Å². The van der Waals surface area contributed by atoms with Crippen molar-refractivity contribution in [2.24, 2.45) is 5.92 Å². The minimum Gasteiger partial charge on any atom is -0.346 e. The Labute approximate surface area is 128 Å². The molecule has 1 heterocycles. The van der Waals surface area contributed by atoms with Crippen molar-refractivity contribution in [2.45, 2.75) is 39.0 Å². The minimum atomic E-state index is 0.271. The smallest absolute Gasteiger partial charge is 0.222 e. The molecule has 1 fully saturated rings. The van der Waals surface area contributed by atoms with Crippen molar-refractivity contribution in [3.05, 3.63) is 35.4 Å². The first kappa shape index (κ1) is 16.0. The summed E-state index contributed by atoms with van der Waals surface area (Å²) in [6.07, 6.45) is 5.13. The van der Waals surface area contributed by atoms with Gasteiger partial charge in [-0.05, 0) is 62.7 Å². The van der Waals surface area contributed by atoms with Crippen molar-refractivity contribution in [1.29, 1.82) is 0 Å². The van der Waals surface area contributed by atoms with Crippen LogP contribution in [0, 0.1) is 12.8 Å². The van der Waals surface area contributed by atoms with Gasteiger partial charge in [-0.1, -0.05) is 24.3 Å². The third-order valence-corrected chi connectivity index (χ3v) is 4.63. The van der Waals surface area contributed by atoms with Crippen LogP contribution in [0.5, 0.6) is 0 Å². The number of benzene rings is 1. The Bertz CT molecular complexity index is 452. The van der Waals surface area contributed by atoms with Crippen molar-refractivity contribution in [2.75, 3.05) is 26.7 Å². The first-order chi connectivity index (χ1) is 10.2. The highest BCUT2D eigenvalue weighted by Crippen LogP contribution is 2.16. The van der Waals surface area contributed by atoms with Gasteiger partial charge in [0.05, 0.1) is 0 Å². The van der Waals surface area contributed by atoms with E-state index in [1.165, 1.54) is 24.0 Å². The largest absolute Gasteiger partial charge is 0.346 e. The van der Waals surface area contributed by atoms with Crippen LogP contribution >= 0.6 is 0 Å². The summed E-state index contributed by atoms with van der Waals surface area (Å²) in [5, 5.41) is 3.39. The molecular formula is C18H28N2O. The molecule has 0 atom stereocenters. The molecule has 0 bridgehead atoms. The molecule has 0 radical (unpaired) electrons. The fraction of sp³-hybridized carbons (Fsp3) is 0.611. The molecule has 21 heavy (non-hydrogen) atoms. The van der Waals surface area contributed by atoms with E-state index >= 15 is 0 Å². The van der Waals surface area contributed by atoms with Crippen LogP contribution in [0.1, 0.15) is 36.8 Å². The minimum absolute atomic E-state index is 0.271. The Morgan fingerprint density at radius 1 is 1.29 bits per heavy atom. The lowest BCUT2D eigenvalue weighted by atomic mass is 9.94. The molecule has 1 aliphatic heterocycles. The fourth-order valence-corrected chi connectivity index (χ4v) is 2.99. The maximum Gasteiger partial charge on any atom is 0.222 e. The predicted molar refractivity (Wildman–Crippen MR) is 87.3 cm³/mol. The molecule has 116 valence electrons. The molecule has 1 aromatic rings. The van der Waals surface area contributed by atoms with E-state index in [2.05, 4.69) is 24.4 Å². The van der Waals surface area contributed by atoms with Crippen molar-refractivity contribution in [3.63, 3.8) is 0 Å². The van der Waals surface area contributed by atoms with Gasteiger partial charge in [-0.25, -0.2) is 0 Å². The van der Waals surface area contributed by atoms with Gasteiger partial charge in [0, 0.05) is 20.0 Å². The summed E-state index contributed by atoms with van der Waals surface area (Å²) in [6.45, 7) is 5.28. The summed E-state index contributed by atoms with van der Waals surface area (Å²) in [5.41, 5.74) is 2.57. The molecule has 2 rings (SSSR count). The number of carbonyl (C=O) groups excluding carboxylic acids is 1. The van der Waals surface area contributed by atoms with Crippen LogP contribution in [0.2, 0.25) is 0 Å². The average Bonchev–Trinajstić information content (AvgIpc) is 2.52. The highest BCUT2D eigenvalue weighted by atomic mass is 16.2. The number of nitrogens with zero attached hydrogens (tertiary/aromatic N) is 1. The van der Waals surface area contributed by atoms with Gasteiger partial charge in [-0.2, -0.15) is 0 Å². The van der Waals surface area contributed by atoms with Crippen LogP contribution < -0.4 is 5.32 Å². The van der Waals surface area contributed by atoms with Gasteiger partial charge in [0.15, 0.2) is 0 Å². The van der Waals surface area contributed by atoms with Gasteiger partial charge in [0.2, 0.25) is 5.91 Å². The van der Waals surface area contributed by atoms with Gasteiger partial charge in [0.1, 0.15) is 0 Å². The number of carbonyl (C=O) groups is 1. The van der Waals surface area contributed by atoms with Crippen LogP contribution in [0.25, 0.3) is 0 Å². The zero-order valence-electron chi connectivity index (χ0n) is 13.4. The number of rotatable bonds is 6. The summed E-state index contributed by atoms with van der Waals surface area (Å²) in [6, 6.07) is 8.33. The summed E-state index contributed by atoms with van der Waals surface area (Å²) in [5.74, 6) is 1.06. The van der Waals surface area contributed by atoms with Gasteiger partial charge in [0.25, 0.3) is 0 Å². The number of nitrogens with one attached hydrogen (secondary N) is 1. The number of amides is 1. The maximum absolute atomic E-state index is 12.2. The quantitative estimate of drug-likeness (QED) is 0.873. The zero-order chi connectivity index (χ0) is 15.1. The Morgan fingerprint density at radius 2 is 2.00 bits per heavy atom. The van der Waals surface area contributed by atoms with E-state index in [-0.39, 0.29) is 5.91 Å². The predicted octanol–water partition coefficient (Wildman–Crippen LogP) is 2.78. The number of aryl methyl sites for hydroxylation is 2. The van der Waals surface area contributed by atoms with Crippen LogP contribution in [0.15, 0.2) is 24.3 Å².